The molecule has 0 aromatic heterocycles. The van der Waals surface area contributed by atoms with Crippen molar-refractivity contribution in [1.29, 1.82) is 5.26 Å². The summed E-state index contributed by atoms with van der Waals surface area (Å²) in [6, 6.07) is 10.7. The third-order valence-corrected chi connectivity index (χ3v) is 3.26. The molecule has 0 atom stereocenters. The monoisotopic (exact) mass is 348 g/mol. The van der Waals surface area contributed by atoms with Crippen LogP contribution < -0.4 is 10.1 Å². The first-order chi connectivity index (χ1) is 10.0. The molecule has 0 spiro atoms. The molecule has 2 aromatic rings. The summed E-state index contributed by atoms with van der Waals surface area (Å²) in [7, 11) is 1.32. The molecule has 2 rings (SSSR count). The third kappa shape index (κ3) is 3.38. The maximum Gasteiger partial charge on any atom is 0.255 e. The van der Waals surface area contributed by atoms with Crippen molar-refractivity contribution in [3.8, 4) is 11.8 Å². The summed E-state index contributed by atoms with van der Waals surface area (Å²) in [5.74, 6) is -1.01. The number of benzene rings is 2. The maximum atomic E-state index is 13.3. The Morgan fingerprint density at radius 1 is 1.33 bits per heavy atom. The largest absolute Gasteiger partial charge is 0.494 e. The first-order valence-corrected chi connectivity index (χ1v) is 6.69. The Morgan fingerprint density at radius 2 is 2.10 bits per heavy atom. The molecule has 0 heterocycles. The molecular weight excluding hydrogens is 339 g/mol. The average molecular weight is 349 g/mol. The summed E-state index contributed by atoms with van der Waals surface area (Å²) in [5.41, 5.74) is 0.945. The molecule has 6 heteroatoms. The number of halogens is 2. The lowest BCUT2D eigenvalue weighted by atomic mass is 10.1. The molecule has 0 saturated carbocycles. The van der Waals surface area contributed by atoms with E-state index in [4.69, 9.17) is 10.00 Å². The zero-order valence-corrected chi connectivity index (χ0v) is 12.6. The van der Waals surface area contributed by atoms with Gasteiger partial charge in [-0.2, -0.15) is 5.26 Å². The van der Waals surface area contributed by atoms with Crippen LogP contribution in [-0.4, -0.2) is 13.0 Å². The Balaban J connectivity index is 2.28. The molecule has 1 amide bonds. The fraction of sp³-hybridized carbons (Fsp3) is 0.0667. The fourth-order valence-corrected chi connectivity index (χ4v) is 2.07. The van der Waals surface area contributed by atoms with E-state index in [2.05, 4.69) is 21.2 Å². The SMILES string of the molecule is COc1cc(C(=O)Nc2ccc(Br)cc2C#N)ccc1F. The lowest BCUT2D eigenvalue weighted by Gasteiger charge is -2.09. The number of nitrogens with zero attached hydrogens (tertiary/aromatic N) is 1. The minimum absolute atomic E-state index is 0.0148. The maximum absolute atomic E-state index is 13.3. The second-order valence-corrected chi connectivity index (χ2v) is 5.02. The van der Waals surface area contributed by atoms with E-state index in [0.717, 1.165) is 10.5 Å². The molecule has 0 radical (unpaired) electrons. The number of carbonyl (C=O) groups is 1. The Kier molecular flexibility index (Phi) is 4.55. The van der Waals surface area contributed by atoms with Crippen LogP contribution in [0, 0.1) is 17.1 Å². The van der Waals surface area contributed by atoms with Crippen molar-refractivity contribution in [3.63, 3.8) is 0 Å². The molecule has 1 N–H and O–H groups in total. The molecule has 106 valence electrons. The molecule has 0 aliphatic rings. The van der Waals surface area contributed by atoms with E-state index in [1.165, 1.54) is 19.2 Å². The van der Waals surface area contributed by atoms with Gasteiger partial charge in [-0.05, 0) is 36.4 Å². The number of nitriles is 1. The summed E-state index contributed by atoms with van der Waals surface area (Å²) in [6.45, 7) is 0. The van der Waals surface area contributed by atoms with Gasteiger partial charge in [-0.3, -0.25) is 4.79 Å². The molecule has 0 saturated heterocycles. The minimum Gasteiger partial charge on any atom is -0.494 e. The minimum atomic E-state index is -0.546. The van der Waals surface area contributed by atoms with Crippen molar-refractivity contribution in [2.75, 3.05) is 12.4 Å². The van der Waals surface area contributed by atoms with Crippen LogP contribution in [0.1, 0.15) is 15.9 Å². The number of nitrogens with one attached hydrogen (secondary N) is 1. The van der Waals surface area contributed by atoms with Crippen molar-refractivity contribution in [2.24, 2.45) is 0 Å². The van der Waals surface area contributed by atoms with Gasteiger partial charge >= 0.3 is 0 Å². The first kappa shape index (κ1) is 15.0. The summed E-state index contributed by atoms with van der Waals surface area (Å²) >= 11 is 3.25. The smallest absolute Gasteiger partial charge is 0.255 e. The normalized spacial score (nSPS) is 9.81. The van der Waals surface area contributed by atoms with Crippen LogP contribution in [0.5, 0.6) is 5.75 Å². The van der Waals surface area contributed by atoms with E-state index < -0.39 is 11.7 Å². The van der Waals surface area contributed by atoms with Crippen molar-refractivity contribution >= 4 is 27.5 Å². The number of ether oxygens (including phenoxy) is 1. The van der Waals surface area contributed by atoms with E-state index in [0.29, 0.717) is 11.3 Å². The third-order valence-electron chi connectivity index (χ3n) is 2.76. The summed E-state index contributed by atoms with van der Waals surface area (Å²) in [4.78, 5) is 12.1. The molecular formula is C15H10BrFN2O2. The van der Waals surface area contributed by atoms with Crippen LogP contribution in [-0.2, 0) is 0 Å². The molecule has 4 nitrogen and oxygen atoms in total. The van der Waals surface area contributed by atoms with Crippen LogP contribution in [0.25, 0.3) is 0 Å². The van der Waals surface area contributed by atoms with Crippen molar-refractivity contribution in [2.45, 2.75) is 0 Å². The highest BCUT2D eigenvalue weighted by Gasteiger charge is 2.12. The number of methoxy groups -OCH3 is 1. The second-order valence-electron chi connectivity index (χ2n) is 4.11. The highest BCUT2D eigenvalue weighted by molar-refractivity contribution is 9.10. The van der Waals surface area contributed by atoms with Gasteiger partial charge in [0.2, 0.25) is 0 Å². The van der Waals surface area contributed by atoms with Gasteiger partial charge in [0.15, 0.2) is 11.6 Å². The van der Waals surface area contributed by atoms with Gasteiger partial charge in [0.05, 0.1) is 18.4 Å². The van der Waals surface area contributed by atoms with Crippen LogP contribution >= 0.6 is 15.9 Å². The Morgan fingerprint density at radius 3 is 2.76 bits per heavy atom. The predicted octanol–water partition coefficient (Wildman–Crippen LogP) is 3.72. The molecule has 0 bridgehead atoms. The van der Waals surface area contributed by atoms with Gasteiger partial charge in [0, 0.05) is 10.0 Å². The summed E-state index contributed by atoms with van der Waals surface area (Å²) in [6.07, 6.45) is 0. The molecule has 2 aromatic carbocycles. The Labute approximate surface area is 129 Å². The number of amides is 1. The number of hydrogen-bond donors (Lipinski definition) is 1. The molecule has 0 unspecified atom stereocenters. The van der Waals surface area contributed by atoms with Crippen LogP contribution in [0.3, 0.4) is 0 Å². The van der Waals surface area contributed by atoms with E-state index in [-0.39, 0.29) is 11.3 Å². The van der Waals surface area contributed by atoms with E-state index >= 15 is 0 Å². The van der Waals surface area contributed by atoms with Gasteiger partial charge in [0.1, 0.15) is 6.07 Å². The molecule has 0 aliphatic heterocycles. The van der Waals surface area contributed by atoms with Gasteiger partial charge in [-0.25, -0.2) is 4.39 Å². The lowest BCUT2D eigenvalue weighted by Crippen LogP contribution is -2.13. The molecule has 0 aliphatic carbocycles. The van der Waals surface area contributed by atoms with Gasteiger partial charge in [-0.1, -0.05) is 15.9 Å². The van der Waals surface area contributed by atoms with E-state index in [1.54, 1.807) is 18.2 Å². The number of carbonyl (C=O) groups excluding carboxylic acids is 1. The number of anilines is 1. The Hall–Kier alpha value is -2.39. The number of hydrogen-bond acceptors (Lipinski definition) is 3. The zero-order chi connectivity index (χ0) is 15.4. The van der Waals surface area contributed by atoms with Gasteiger partial charge in [0.25, 0.3) is 5.91 Å². The van der Waals surface area contributed by atoms with Crippen LogP contribution in [0.15, 0.2) is 40.9 Å². The fourth-order valence-electron chi connectivity index (χ4n) is 1.71. The summed E-state index contributed by atoms with van der Waals surface area (Å²) in [5, 5.41) is 11.7. The quantitative estimate of drug-likeness (QED) is 0.919. The Bertz CT molecular complexity index is 741. The topological polar surface area (TPSA) is 62.1 Å². The lowest BCUT2D eigenvalue weighted by molar-refractivity contribution is 0.102. The van der Waals surface area contributed by atoms with Crippen molar-refractivity contribution in [3.05, 3.63) is 57.8 Å². The highest BCUT2D eigenvalue weighted by atomic mass is 79.9. The van der Waals surface area contributed by atoms with Crippen LogP contribution in [0.4, 0.5) is 10.1 Å². The highest BCUT2D eigenvalue weighted by Crippen LogP contribution is 2.22. The molecule has 0 fully saturated rings. The van der Waals surface area contributed by atoms with Crippen molar-refractivity contribution in [1.82, 2.24) is 0 Å². The van der Waals surface area contributed by atoms with Crippen molar-refractivity contribution < 1.29 is 13.9 Å². The summed E-state index contributed by atoms with van der Waals surface area (Å²) < 4.78 is 18.9. The zero-order valence-electron chi connectivity index (χ0n) is 11.0. The first-order valence-electron chi connectivity index (χ1n) is 5.89. The standard InChI is InChI=1S/C15H10BrFN2O2/c1-21-14-7-9(2-4-12(14)17)15(20)19-13-5-3-11(16)6-10(13)8-18/h2-7H,1H3,(H,19,20). The van der Waals surface area contributed by atoms with Gasteiger partial charge < -0.3 is 10.1 Å². The van der Waals surface area contributed by atoms with Crippen LogP contribution in [0.2, 0.25) is 0 Å². The van der Waals surface area contributed by atoms with E-state index in [9.17, 15) is 9.18 Å². The second kappa shape index (κ2) is 6.37. The number of rotatable bonds is 3. The molecule has 21 heavy (non-hydrogen) atoms. The van der Waals surface area contributed by atoms with E-state index in [1.807, 2.05) is 6.07 Å². The average Bonchev–Trinajstić information content (AvgIpc) is 2.49. The predicted molar refractivity (Wildman–Crippen MR) is 79.8 cm³/mol. The van der Waals surface area contributed by atoms with Gasteiger partial charge in [-0.15, -0.1) is 0 Å².